The molecule has 3 rings (SSSR count). The molecule has 1 N–H and O–H groups in total. The van der Waals surface area contributed by atoms with E-state index in [1.165, 1.54) is 6.20 Å². The highest BCUT2D eigenvalue weighted by Crippen LogP contribution is 2.33. The Labute approximate surface area is 99.9 Å². The number of rotatable bonds is 1. The Bertz CT molecular complexity index is 775. The fourth-order valence-electron chi connectivity index (χ4n) is 1.82. The number of H-pyrrole nitrogens is 1. The minimum Gasteiger partial charge on any atom is -0.494 e. The molecule has 0 aliphatic heterocycles. The monoisotopic (exact) mass is 250 g/mol. The molecule has 1 aromatic carbocycles. The van der Waals surface area contributed by atoms with Crippen LogP contribution in [-0.4, -0.2) is 17.3 Å². The lowest BCUT2D eigenvalue weighted by molar-refractivity contribution is 0.400. The average molecular weight is 251 g/mol. The van der Waals surface area contributed by atoms with Crippen molar-refractivity contribution < 1.29 is 9.26 Å². The van der Waals surface area contributed by atoms with Crippen LogP contribution in [-0.2, 0) is 0 Å². The van der Waals surface area contributed by atoms with Crippen molar-refractivity contribution in [3.8, 4) is 5.75 Å². The van der Waals surface area contributed by atoms with Crippen molar-refractivity contribution in [3.63, 3.8) is 0 Å². The van der Waals surface area contributed by atoms with E-state index in [-0.39, 0.29) is 0 Å². The van der Waals surface area contributed by atoms with E-state index in [2.05, 4.69) is 10.1 Å². The summed E-state index contributed by atoms with van der Waals surface area (Å²) in [6.45, 7) is 0. The van der Waals surface area contributed by atoms with Crippen molar-refractivity contribution in [2.24, 2.45) is 0 Å². The normalized spacial score (nSPS) is 11.2. The van der Waals surface area contributed by atoms with Crippen LogP contribution in [0.15, 0.2) is 27.6 Å². The molecule has 17 heavy (non-hydrogen) atoms. The highest BCUT2D eigenvalue weighted by atomic mass is 35.5. The highest BCUT2D eigenvalue weighted by molar-refractivity contribution is 6.37. The Morgan fingerprint density at radius 3 is 3.06 bits per heavy atom. The molecule has 0 radical (unpaired) electrons. The molecular formula is C11H7ClN2O3. The third-order valence-corrected chi connectivity index (χ3v) is 2.93. The number of nitrogens with one attached hydrogen (secondary N) is 1. The minimum atomic E-state index is -0.465. The zero-order chi connectivity index (χ0) is 12.0. The van der Waals surface area contributed by atoms with Crippen molar-refractivity contribution in [1.29, 1.82) is 0 Å². The molecule has 0 saturated heterocycles. The summed E-state index contributed by atoms with van der Waals surface area (Å²) in [5, 5.41) is 4.03. The molecule has 0 bridgehead atoms. The molecule has 2 aromatic heterocycles. The number of pyridine rings is 1. The van der Waals surface area contributed by atoms with Gasteiger partial charge in [0.05, 0.1) is 23.0 Å². The van der Waals surface area contributed by atoms with Crippen LogP contribution >= 0.6 is 11.6 Å². The number of benzene rings is 1. The number of hydrogen-bond donors (Lipinski definition) is 1. The first kappa shape index (κ1) is 10.2. The van der Waals surface area contributed by atoms with Gasteiger partial charge in [0.1, 0.15) is 16.7 Å². The molecule has 5 nitrogen and oxygen atoms in total. The number of methoxy groups -OCH3 is 1. The summed E-state index contributed by atoms with van der Waals surface area (Å²) < 4.78 is 9.93. The molecule has 0 amide bonds. The SMILES string of the molecule is COc1ccc(Cl)c2c1ncc1c(=O)o[nH]c12. The van der Waals surface area contributed by atoms with Gasteiger partial charge in [-0.1, -0.05) is 11.6 Å². The molecule has 0 saturated carbocycles. The Balaban J connectivity index is 2.62. The second kappa shape index (κ2) is 3.49. The van der Waals surface area contributed by atoms with E-state index in [0.29, 0.717) is 32.6 Å². The minimum absolute atomic E-state index is 0.368. The Morgan fingerprint density at radius 1 is 1.47 bits per heavy atom. The van der Waals surface area contributed by atoms with E-state index in [4.69, 9.17) is 20.9 Å². The largest absolute Gasteiger partial charge is 0.494 e. The number of ether oxygens (including phenoxy) is 1. The molecule has 3 aromatic rings. The van der Waals surface area contributed by atoms with Crippen molar-refractivity contribution in [2.75, 3.05) is 7.11 Å². The van der Waals surface area contributed by atoms with Gasteiger partial charge < -0.3 is 9.26 Å². The molecule has 0 atom stereocenters. The highest BCUT2D eigenvalue weighted by Gasteiger charge is 2.14. The van der Waals surface area contributed by atoms with Gasteiger partial charge in [-0.15, -0.1) is 0 Å². The second-order valence-corrected chi connectivity index (χ2v) is 3.92. The summed E-state index contributed by atoms with van der Waals surface area (Å²) >= 11 is 6.11. The molecule has 0 aliphatic rings. The van der Waals surface area contributed by atoms with Crippen LogP contribution in [0.5, 0.6) is 5.75 Å². The average Bonchev–Trinajstić information content (AvgIpc) is 2.72. The first-order chi connectivity index (χ1) is 8.22. The van der Waals surface area contributed by atoms with Crippen LogP contribution in [0.3, 0.4) is 0 Å². The Morgan fingerprint density at radius 2 is 2.29 bits per heavy atom. The molecule has 0 aliphatic carbocycles. The number of hydrogen-bond acceptors (Lipinski definition) is 4. The predicted octanol–water partition coefficient (Wildman–Crippen LogP) is 2.33. The number of nitrogens with zero attached hydrogens (tertiary/aromatic N) is 1. The van der Waals surface area contributed by atoms with Gasteiger partial charge in [-0.2, -0.15) is 0 Å². The summed E-state index contributed by atoms with van der Waals surface area (Å²) in [5.41, 5.74) is 0.654. The van der Waals surface area contributed by atoms with Gasteiger partial charge in [0.15, 0.2) is 0 Å². The van der Waals surface area contributed by atoms with Gasteiger partial charge in [0.25, 0.3) is 0 Å². The summed E-state index contributed by atoms with van der Waals surface area (Å²) in [7, 11) is 1.55. The Kier molecular flexibility index (Phi) is 2.09. The van der Waals surface area contributed by atoms with Crippen LogP contribution < -0.4 is 10.4 Å². The fourth-order valence-corrected chi connectivity index (χ4v) is 2.07. The van der Waals surface area contributed by atoms with E-state index in [1.54, 1.807) is 19.2 Å². The Hall–Kier alpha value is -2.01. The van der Waals surface area contributed by atoms with E-state index in [1.807, 2.05) is 0 Å². The third-order valence-electron chi connectivity index (χ3n) is 2.62. The van der Waals surface area contributed by atoms with Gasteiger partial charge >= 0.3 is 5.63 Å². The lowest BCUT2D eigenvalue weighted by Gasteiger charge is -2.05. The van der Waals surface area contributed by atoms with Crippen molar-refractivity contribution in [1.82, 2.24) is 10.1 Å². The van der Waals surface area contributed by atoms with E-state index in [9.17, 15) is 4.79 Å². The maximum atomic E-state index is 11.4. The van der Waals surface area contributed by atoms with Gasteiger partial charge in [-0.05, 0) is 12.1 Å². The smallest absolute Gasteiger partial charge is 0.366 e. The second-order valence-electron chi connectivity index (χ2n) is 3.51. The number of aromatic nitrogens is 2. The van der Waals surface area contributed by atoms with Crippen molar-refractivity contribution >= 4 is 33.4 Å². The first-order valence-electron chi connectivity index (χ1n) is 4.84. The molecule has 0 spiro atoms. The molecular weight excluding hydrogens is 244 g/mol. The van der Waals surface area contributed by atoms with Crippen LogP contribution in [0.2, 0.25) is 5.02 Å². The zero-order valence-corrected chi connectivity index (χ0v) is 9.54. The van der Waals surface area contributed by atoms with Crippen LogP contribution in [0, 0.1) is 0 Å². The molecule has 0 unspecified atom stereocenters. The van der Waals surface area contributed by atoms with Gasteiger partial charge in [-0.25, -0.2) is 9.95 Å². The number of aromatic amines is 1. The van der Waals surface area contributed by atoms with Gasteiger partial charge in [0, 0.05) is 6.20 Å². The van der Waals surface area contributed by atoms with Gasteiger partial charge in [-0.3, -0.25) is 4.98 Å². The van der Waals surface area contributed by atoms with E-state index < -0.39 is 5.63 Å². The summed E-state index contributed by atoms with van der Waals surface area (Å²) in [4.78, 5) is 15.6. The third kappa shape index (κ3) is 1.32. The lowest BCUT2D eigenvalue weighted by Crippen LogP contribution is -1.93. The fraction of sp³-hybridized carbons (Fsp3) is 0.0909. The molecule has 6 heteroatoms. The summed E-state index contributed by atoms with van der Waals surface area (Å²) in [5.74, 6) is 0.591. The van der Waals surface area contributed by atoms with Crippen LogP contribution in [0.25, 0.3) is 21.8 Å². The zero-order valence-electron chi connectivity index (χ0n) is 8.78. The topological polar surface area (TPSA) is 68.1 Å². The van der Waals surface area contributed by atoms with Crippen molar-refractivity contribution in [3.05, 3.63) is 33.8 Å². The van der Waals surface area contributed by atoms with E-state index >= 15 is 0 Å². The van der Waals surface area contributed by atoms with Crippen molar-refractivity contribution in [2.45, 2.75) is 0 Å². The quantitative estimate of drug-likeness (QED) is 0.720. The van der Waals surface area contributed by atoms with Gasteiger partial charge in [0.2, 0.25) is 0 Å². The number of fused-ring (bicyclic) bond motifs is 3. The maximum absolute atomic E-state index is 11.4. The van der Waals surface area contributed by atoms with Crippen LogP contribution in [0.1, 0.15) is 0 Å². The van der Waals surface area contributed by atoms with E-state index in [0.717, 1.165) is 0 Å². The first-order valence-corrected chi connectivity index (χ1v) is 5.22. The standard InChI is InChI=1S/C11H7ClN2O3/c1-16-7-3-2-6(12)8-9-5(4-13-10(7)8)11(15)17-14-9/h2-4,14H,1H3. The number of halogens is 1. The molecule has 2 heterocycles. The lowest BCUT2D eigenvalue weighted by atomic mass is 10.1. The molecule has 86 valence electrons. The van der Waals surface area contributed by atoms with Crippen LogP contribution in [0.4, 0.5) is 0 Å². The maximum Gasteiger partial charge on any atom is 0.366 e. The predicted molar refractivity (Wildman–Crippen MR) is 63.7 cm³/mol. The molecule has 0 fully saturated rings. The summed E-state index contributed by atoms with van der Waals surface area (Å²) in [6.07, 6.45) is 1.44. The summed E-state index contributed by atoms with van der Waals surface area (Å²) in [6, 6.07) is 3.41.